The molecule has 2 amide bonds. The lowest BCUT2D eigenvalue weighted by Gasteiger charge is -2.36. The van der Waals surface area contributed by atoms with Gasteiger partial charge in [-0.05, 0) is 13.3 Å². The second kappa shape index (κ2) is 6.55. The Hall–Kier alpha value is -1.34. The van der Waals surface area contributed by atoms with Gasteiger partial charge in [0.1, 0.15) is 6.04 Å². The number of nitrogens with zero attached hydrogens (tertiary/aromatic N) is 1. The number of morpholine rings is 1. The molecule has 0 spiro atoms. The third kappa shape index (κ3) is 3.85. The Morgan fingerprint density at radius 2 is 2.17 bits per heavy atom. The molecule has 1 fully saturated rings. The summed E-state index contributed by atoms with van der Waals surface area (Å²) < 4.78 is 5.41. The van der Waals surface area contributed by atoms with Crippen LogP contribution in [-0.4, -0.2) is 65.1 Å². The van der Waals surface area contributed by atoms with E-state index < -0.39 is 24.1 Å². The van der Waals surface area contributed by atoms with Crippen molar-refractivity contribution in [3.63, 3.8) is 0 Å². The Morgan fingerprint density at radius 3 is 2.67 bits per heavy atom. The molecule has 0 bridgehead atoms. The van der Waals surface area contributed by atoms with Crippen LogP contribution in [0.25, 0.3) is 0 Å². The maximum absolute atomic E-state index is 11.9. The summed E-state index contributed by atoms with van der Waals surface area (Å²) in [6.07, 6.45) is -0.263. The van der Waals surface area contributed by atoms with Crippen LogP contribution in [0.1, 0.15) is 20.3 Å². The van der Waals surface area contributed by atoms with Crippen molar-refractivity contribution in [2.24, 2.45) is 0 Å². The van der Waals surface area contributed by atoms with E-state index in [0.29, 0.717) is 13.0 Å². The molecule has 2 unspecified atom stereocenters. The standard InChI is InChI=1S/C11H20N2O5/c1-3-9(10(15)16)12-11(17)13-4-7(2)18-8(5-13)6-14/h7-9,14H,3-6H2,1-2H3,(H,12,17)(H,15,16)/t7?,8?,9-/m0/s1. The summed E-state index contributed by atoms with van der Waals surface area (Å²) in [5.41, 5.74) is 0. The van der Waals surface area contributed by atoms with Crippen LogP contribution in [0.5, 0.6) is 0 Å². The Balaban J connectivity index is 2.57. The number of rotatable bonds is 4. The summed E-state index contributed by atoms with van der Waals surface area (Å²) in [5.74, 6) is -1.05. The molecule has 3 N–H and O–H groups in total. The second-order valence-corrected chi connectivity index (χ2v) is 4.40. The Kier molecular flexibility index (Phi) is 5.36. The first kappa shape index (κ1) is 14.7. The molecule has 7 heteroatoms. The van der Waals surface area contributed by atoms with E-state index in [0.717, 1.165) is 0 Å². The molecule has 0 aromatic carbocycles. The van der Waals surface area contributed by atoms with Gasteiger partial charge in [-0.1, -0.05) is 6.92 Å². The number of aliphatic carboxylic acids is 1. The fraction of sp³-hybridized carbons (Fsp3) is 0.818. The Bertz CT molecular complexity index is 310. The quantitative estimate of drug-likeness (QED) is 0.641. The van der Waals surface area contributed by atoms with Gasteiger partial charge >= 0.3 is 12.0 Å². The van der Waals surface area contributed by atoms with E-state index in [9.17, 15) is 9.59 Å². The molecule has 0 saturated carbocycles. The van der Waals surface area contributed by atoms with Gasteiger partial charge in [0.15, 0.2) is 0 Å². The molecule has 1 aliphatic rings. The number of aliphatic hydroxyl groups is 1. The number of carbonyl (C=O) groups excluding carboxylic acids is 1. The zero-order chi connectivity index (χ0) is 13.7. The highest BCUT2D eigenvalue weighted by Crippen LogP contribution is 2.11. The van der Waals surface area contributed by atoms with Crippen LogP contribution >= 0.6 is 0 Å². The summed E-state index contributed by atoms with van der Waals surface area (Å²) in [7, 11) is 0. The molecule has 1 heterocycles. The molecular weight excluding hydrogens is 240 g/mol. The van der Waals surface area contributed by atoms with E-state index in [1.807, 2.05) is 0 Å². The normalized spacial score (nSPS) is 25.6. The lowest BCUT2D eigenvalue weighted by Crippen LogP contribution is -2.55. The maximum atomic E-state index is 11.9. The number of aliphatic hydroxyl groups excluding tert-OH is 1. The van der Waals surface area contributed by atoms with E-state index in [1.54, 1.807) is 13.8 Å². The minimum atomic E-state index is -1.05. The van der Waals surface area contributed by atoms with Crippen molar-refractivity contribution >= 4 is 12.0 Å². The van der Waals surface area contributed by atoms with Crippen LogP contribution in [-0.2, 0) is 9.53 Å². The van der Waals surface area contributed by atoms with E-state index in [4.69, 9.17) is 14.9 Å². The molecule has 0 aromatic rings. The highest BCUT2D eigenvalue weighted by molar-refractivity contribution is 5.82. The van der Waals surface area contributed by atoms with Crippen LogP contribution in [0.15, 0.2) is 0 Å². The van der Waals surface area contributed by atoms with Crippen LogP contribution < -0.4 is 5.32 Å². The zero-order valence-corrected chi connectivity index (χ0v) is 10.6. The first-order valence-electron chi connectivity index (χ1n) is 6.02. The largest absolute Gasteiger partial charge is 0.480 e. The van der Waals surface area contributed by atoms with Crippen molar-refractivity contribution in [2.75, 3.05) is 19.7 Å². The third-order valence-electron chi connectivity index (χ3n) is 2.82. The molecule has 1 rings (SSSR count). The first-order valence-corrected chi connectivity index (χ1v) is 6.02. The molecule has 0 aliphatic carbocycles. The van der Waals surface area contributed by atoms with Crippen molar-refractivity contribution in [1.29, 1.82) is 0 Å². The average molecular weight is 260 g/mol. The number of hydrogen-bond acceptors (Lipinski definition) is 4. The van der Waals surface area contributed by atoms with Crippen molar-refractivity contribution in [2.45, 2.75) is 38.5 Å². The van der Waals surface area contributed by atoms with Crippen LogP contribution in [0.4, 0.5) is 4.79 Å². The summed E-state index contributed by atoms with van der Waals surface area (Å²) >= 11 is 0. The molecule has 1 saturated heterocycles. The zero-order valence-electron chi connectivity index (χ0n) is 10.6. The average Bonchev–Trinajstić information content (AvgIpc) is 2.34. The first-order chi connectivity index (χ1) is 8.47. The van der Waals surface area contributed by atoms with Gasteiger partial charge in [-0.15, -0.1) is 0 Å². The van der Waals surface area contributed by atoms with Crippen molar-refractivity contribution in [1.82, 2.24) is 10.2 Å². The highest BCUT2D eigenvalue weighted by Gasteiger charge is 2.29. The second-order valence-electron chi connectivity index (χ2n) is 4.40. The van der Waals surface area contributed by atoms with Gasteiger partial charge in [-0.3, -0.25) is 0 Å². The van der Waals surface area contributed by atoms with Gasteiger partial charge in [0.05, 0.1) is 25.4 Å². The lowest BCUT2D eigenvalue weighted by atomic mass is 10.2. The number of urea groups is 1. The number of nitrogens with one attached hydrogen (secondary N) is 1. The van der Waals surface area contributed by atoms with Crippen molar-refractivity contribution in [3.8, 4) is 0 Å². The van der Waals surface area contributed by atoms with Gasteiger partial charge in [0.25, 0.3) is 0 Å². The van der Waals surface area contributed by atoms with Gasteiger partial charge in [0, 0.05) is 6.54 Å². The van der Waals surface area contributed by atoms with E-state index in [2.05, 4.69) is 5.32 Å². The molecule has 18 heavy (non-hydrogen) atoms. The number of carbonyl (C=O) groups is 2. The summed E-state index contributed by atoms with van der Waals surface area (Å²) in [6.45, 7) is 3.99. The molecule has 1 aliphatic heterocycles. The minimum absolute atomic E-state index is 0.162. The monoisotopic (exact) mass is 260 g/mol. The predicted octanol–water partition coefficient (Wildman–Crippen LogP) is -0.359. The SMILES string of the molecule is CC[C@H](NC(=O)N1CC(C)OC(CO)C1)C(=O)O. The predicted molar refractivity (Wildman–Crippen MR) is 63.2 cm³/mol. The number of ether oxygens (including phenoxy) is 1. The highest BCUT2D eigenvalue weighted by atomic mass is 16.5. The van der Waals surface area contributed by atoms with E-state index >= 15 is 0 Å². The lowest BCUT2D eigenvalue weighted by molar-refractivity contribution is -0.139. The van der Waals surface area contributed by atoms with E-state index in [1.165, 1.54) is 4.90 Å². The number of carboxylic acid groups (broad SMARTS) is 1. The summed E-state index contributed by atoms with van der Waals surface area (Å²) in [4.78, 5) is 24.2. The van der Waals surface area contributed by atoms with Crippen molar-refractivity contribution < 1.29 is 24.5 Å². The molecule has 104 valence electrons. The Labute approximate surface area is 106 Å². The smallest absolute Gasteiger partial charge is 0.326 e. The van der Waals surface area contributed by atoms with Gasteiger partial charge < -0.3 is 25.2 Å². The maximum Gasteiger partial charge on any atom is 0.326 e. The molecule has 0 radical (unpaired) electrons. The van der Waals surface area contributed by atoms with Crippen molar-refractivity contribution in [3.05, 3.63) is 0 Å². The molecular formula is C11H20N2O5. The van der Waals surface area contributed by atoms with Gasteiger partial charge in [-0.25, -0.2) is 9.59 Å². The molecule has 3 atom stereocenters. The van der Waals surface area contributed by atoms with E-state index in [-0.39, 0.29) is 19.3 Å². The molecule has 7 nitrogen and oxygen atoms in total. The fourth-order valence-electron chi connectivity index (χ4n) is 1.89. The number of amides is 2. The minimum Gasteiger partial charge on any atom is -0.480 e. The summed E-state index contributed by atoms with van der Waals surface area (Å²) in [5, 5.41) is 20.4. The van der Waals surface area contributed by atoms with Crippen LogP contribution in [0, 0.1) is 0 Å². The Morgan fingerprint density at radius 1 is 1.50 bits per heavy atom. The van der Waals surface area contributed by atoms with Crippen LogP contribution in [0.3, 0.4) is 0 Å². The third-order valence-corrected chi connectivity index (χ3v) is 2.82. The number of carboxylic acids is 1. The van der Waals surface area contributed by atoms with Crippen LogP contribution in [0.2, 0.25) is 0 Å². The molecule has 0 aromatic heterocycles. The number of hydrogen-bond donors (Lipinski definition) is 3. The van der Waals surface area contributed by atoms with Gasteiger partial charge in [-0.2, -0.15) is 0 Å². The van der Waals surface area contributed by atoms with Gasteiger partial charge in [0.2, 0.25) is 0 Å². The summed E-state index contributed by atoms with van der Waals surface area (Å²) in [6, 6.07) is -1.32. The topological polar surface area (TPSA) is 99.1 Å². The fourth-order valence-corrected chi connectivity index (χ4v) is 1.89.